The van der Waals surface area contributed by atoms with Crippen molar-refractivity contribution in [2.45, 2.75) is 12.0 Å². The molecule has 1 aliphatic carbocycles. The summed E-state index contributed by atoms with van der Waals surface area (Å²) in [7, 11) is 0. The Bertz CT molecular complexity index is 3300. The molecular formula is C54H34O2. The summed E-state index contributed by atoms with van der Waals surface area (Å²) in [6.07, 6.45) is 6.84. The molecule has 1 aromatic heterocycles. The van der Waals surface area contributed by atoms with Gasteiger partial charge in [0.05, 0.1) is 0 Å². The van der Waals surface area contributed by atoms with Crippen molar-refractivity contribution in [3.8, 4) is 39.1 Å². The van der Waals surface area contributed by atoms with Crippen molar-refractivity contribution in [3.05, 3.63) is 205 Å². The Morgan fingerprint density at radius 3 is 1.46 bits per heavy atom. The van der Waals surface area contributed by atoms with Crippen LogP contribution in [0.15, 0.2) is 199 Å². The van der Waals surface area contributed by atoms with Gasteiger partial charge in [0.15, 0.2) is 0 Å². The minimum absolute atomic E-state index is 0.0126. The van der Waals surface area contributed by atoms with Crippen LogP contribution in [-0.2, 0) is 0 Å². The first kappa shape index (κ1) is 31.2. The van der Waals surface area contributed by atoms with E-state index in [4.69, 9.17) is 9.15 Å². The predicted molar refractivity (Wildman–Crippen MR) is 233 cm³/mol. The maximum absolute atomic E-state index is 6.45. The lowest BCUT2D eigenvalue weighted by atomic mass is 9.85. The summed E-state index contributed by atoms with van der Waals surface area (Å²) in [5.41, 5.74) is 12.7. The summed E-state index contributed by atoms with van der Waals surface area (Å²) < 4.78 is 12.8. The molecule has 2 aliphatic rings. The van der Waals surface area contributed by atoms with Gasteiger partial charge in [-0.3, -0.25) is 0 Å². The molecule has 0 saturated carbocycles. The largest absolute Gasteiger partial charge is 0.485 e. The van der Waals surface area contributed by atoms with Crippen LogP contribution in [0, 0.1) is 0 Å². The van der Waals surface area contributed by atoms with Crippen LogP contribution in [0.2, 0.25) is 0 Å². The van der Waals surface area contributed by atoms with Gasteiger partial charge in [-0.05, 0) is 144 Å². The highest BCUT2D eigenvalue weighted by Crippen LogP contribution is 2.46. The first-order valence-electron chi connectivity index (χ1n) is 19.4. The van der Waals surface area contributed by atoms with Gasteiger partial charge in [0, 0.05) is 22.3 Å². The van der Waals surface area contributed by atoms with Gasteiger partial charge in [0.2, 0.25) is 0 Å². The molecule has 0 radical (unpaired) electrons. The smallest absolute Gasteiger partial charge is 0.135 e. The second kappa shape index (κ2) is 12.2. The third kappa shape index (κ3) is 5.11. The zero-order valence-corrected chi connectivity index (χ0v) is 30.4. The van der Waals surface area contributed by atoms with E-state index in [1.165, 1.54) is 82.4 Å². The van der Waals surface area contributed by atoms with E-state index in [-0.39, 0.29) is 12.0 Å². The van der Waals surface area contributed by atoms with Gasteiger partial charge in [-0.1, -0.05) is 127 Å². The fourth-order valence-electron chi connectivity index (χ4n) is 8.96. The van der Waals surface area contributed by atoms with Crippen LogP contribution >= 0.6 is 0 Å². The van der Waals surface area contributed by atoms with Gasteiger partial charge in [-0.15, -0.1) is 0 Å². The number of fused-ring (bicyclic) bond motifs is 9. The van der Waals surface area contributed by atoms with E-state index in [0.717, 1.165) is 27.7 Å². The molecule has 0 amide bonds. The number of hydrogen-bond acceptors (Lipinski definition) is 2. The van der Waals surface area contributed by atoms with Crippen molar-refractivity contribution < 1.29 is 9.15 Å². The Labute approximate surface area is 324 Å². The Morgan fingerprint density at radius 1 is 0.375 bits per heavy atom. The van der Waals surface area contributed by atoms with Crippen LogP contribution in [0.25, 0.3) is 93.2 Å². The summed E-state index contributed by atoms with van der Waals surface area (Å²) in [6.45, 7) is 0. The van der Waals surface area contributed by atoms with Crippen molar-refractivity contribution in [3.63, 3.8) is 0 Å². The lowest BCUT2D eigenvalue weighted by molar-refractivity contribution is 0.269. The fourth-order valence-corrected chi connectivity index (χ4v) is 8.96. The third-order valence-electron chi connectivity index (χ3n) is 12.0. The normalized spacial score (nSPS) is 16.0. The molecule has 2 nitrogen and oxygen atoms in total. The van der Waals surface area contributed by atoms with Crippen molar-refractivity contribution in [2.75, 3.05) is 0 Å². The average molecular weight is 715 g/mol. The number of ether oxygens (including phenoxy) is 1. The fraction of sp³-hybridized carbons (Fsp3) is 0.0370. The molecule has 56 heavy (non-hydrogen) atoms. The van der Waals surface area contributed by atoms with Gasteiger partial charge in [0.1, 0.15) is 23.0 Å². The van der Waals surface area contributed by atoms with E-state index in [1.54, 1.807) is 0 Å². The van der Waals surface area contributed by atoms with Crippen molar-refractivity contribution >= 4 is 59.8 Å². The van der Waals surface area contributed by atoms with E-state index in [9.17, 15) is 0 Å². The molecule has 9 aromatic carbocycles. The van der Waals surface area contributed by atoms with Crippen molar-refractivity contribution in [1.82, 2.24) is 0 Å². The molecule has 1 aliphatic heterocycles. The first-order valence-corrected chi connectivity index (χ1v) is 19.4. The molecule has 10 aromatic rings. The predicted octanol–water partition coefficient (Wildman–Crippen LogP) is 14.5. The van der Waals surface area contributed by atoms with E-state index >= 15 is 0 Å². The number of benzene rings is 9. The van der Waals surface area contributed by atoms with E-state index < -0.39 is 0 Å². The lowest BCUT2D eigenvalue weighted by Crippen LogP contribution is -2.16. The minimum atomic E-state index is 0.0126. The maximum Gasteiger partial charge on any atom is 0.135 e. The highest BCUT2D eigenvalue weighted by molar-refractivity contribution is 6.08. The molecule has 0 bridgehead atoms. The molecular weight excluding hydrogens is 681 g/mol. The number of furan rings is 1. The van der Waals surface area contributed by atoms with Crippen molar-refractivity contribution in [1.29, 1.82) is 0 Å². The van der Waals surface area contributed by atoms with Crippen LogP contribution in [0.5, 0.6) is 5.75 Å². The zero-order valence-electron chi connectivity index (χ0n) is 30.4. The average Bonchev–Trinajstić information content (AvgIpc) is 3.82. The molecule has 12 rings (SSSR count). The highest BCUT2D eigenvalue weighted by atomic mass is 16.5. The second-order valence-corrected chi connectivity index (χ2v) is 15.3. The zero-order chi connectivity index (χ0) is 36.7. The van der Waals surface area contributed by atoms with Gasteiger partial charge in [0.25, 0.3) is 0 Å². The molecule has 2 atom stereocenters. The van der Waals surface area contributed by atoms with Crippen LogP contribution in [0.1, 0.15) is 17.0 Å². The SMILES string of the molecule is C1=CC2Oc3ccc(-c4ccc5ccc(-c6ccc7oc8ccc(-c9ccc%10ccccc%10c9)cc8c7c6)cc5c4)cc3C2C=C1c1ccc2ccccc2c1. The molecule has 262 valence electrons. The summed E-state index contributed by atoms with van der Waals surface area (Å²) in [5.74, 6) is 1.14. The Hall–Kier alpha value is -7.16. The van der Waals surface area contributed by atoms with E-state index in [0.29, 0.717) is 0 Å². The Morgan fingerprint density at radius 2 is 0.839 bits per heavy atom. The quantitative estimate of drug-likeness (QED) is 0.181. The molecule has 0 fully saturated rings. The summed E-state index contributed by atoms with van der Waals surface area (Å²) in [4.78, 5) is 0. The second-order valence-electron chi connectivity index (χ2n) is 15.3. The van der Waals surface area contributed by atoms with Crippen LogP contribution in [-0.4, -0.2) is 6.10 Å². The number of rotatable bonds is 4. The van der Waals surface area contributed by atoms with Gasteiger partial charge < -0.3 is 9.15 Å². The molecule has 0 spiro atoms. The van der Waals surface area contributed by atoms with Crippen LogP contribution in [0.3, 0.4) is 0 Å². The standard InChI is InChI=1S/C54H34O2/c1-3-7-36-25-38(13-9-33(36)5-1)42-17-21-51-47(29-42)49-31-44(19-23-53(49)55-51)40-15-11-35-12-16-41(28-46(35)27-40)45-20-24-54-50(32-45)48-30-43(18-22-52(48)56-54)39-14-10-34-6-2-4-8-37(34)26-39/h1-32,47,51H. The van der Waals surface area contributed by atoms with Crippen LogP contribution < -0.4 is 4.74 Å². The monoisotopic (exact) mass is 714 g/mol. The molecule has 0 N–H and O–H groups in total. The number of hydrogen-bond donors (Lipinski definition) is 0. The lowest BCUT2D eigenvalue weighted by Gasteiger charge is -2.19. The number of allylic oxidation sites excluding steroid dienone is 2. The Kier molecular flexibility index (Phi) is 6.79. The molecule has 0 saturated heterocycles. The summed E-state index contributed by atoms with van der Waals surface area (Å²) in [6, 6.07) is 63.9. The third-order valence-corrected chi connectivity index (χ3v) is 12.0. The summed E-state index contributed by atoms with van der Waals surface area (Å²) >= 11 is 0. The van der Waals surface area contributed by atoms with Gasteiger partial charge in [-0.25, -0.2) is 0 Å². The van der Waals surface area contributed by atoms with Crippen molar-refractivity contribution in [2.24, 2.45) is 0 Å². The maximum atomic E-state index is 6.45. The van der Waals surface area contributed by atoms with E-state index in [1.807, 2.05) is 0 Å². The van der Waals surface area contributed by atoms with Crippen LogP contribution in [0.4, 0.5) is 0 Å². The van der Waals surface area contributed by atoms with Gasteiger partial charge in [-0.2, -0.15) is 0 Å². The highest BCUT2D eigenvalue weighted by Gasteiger charge is 2.33. The molecule has 2 heterocycles. The van der Waals surface area contributed by atoms with E-state index in [2.05, 4.69) is 194 Å². The molecule has 2 unspecified atom stereocenters. The minimum Gasteiger partial charge on any atom is -0.485 e. The first-order chi connectivity index (χ1) is 27.7. The molecule has 2 heteroatoms. The van der Waals surface area contributed by atoms with Gasteiger partial charge >= 0.3 is 0 Å². The topological polar surface area (TPSA) is 22.4 Å². The summed E-state index contributed by atoms with van der Waals surface area (Å²) in [5, 5.41) is 9.70. The Balaban J connectivity index is 0.879.